The largest absolute Gasteiger partial charge is 0.384 e. The number of halogens is 1. The highest BCUT2D eigenvalue weighted by Crippen LogP contribution is 2.26. The van der Waals surface area contributed by atoms with Crippen molar-refractivity contribution in [1.29, 1.82) is 5.41 Å². The van der Waals surface area contributed by atoms with Crippen molar-refractivity contribution < 1.29 is 0 Å². The lowest BCUT2D eigenvalue weighted by molar-refractivity contribution is 1.34. The van der Waals surface area contributed by atoms with Crippen LogP contribution in [-0.2, 0) is 0 Å². The maximum Gasteiger partial charge on any atom is 0.125 e. The van der Waals surface area contributed by atoms with E-state index < -0.39 is 0 Å². The normalized spacial score (nSPS) is 9.83. The molecule has 0 fully saturated rings. The van der Waals surface area contributed by atoms with E-state index in [0.29, 0.717) is 10.6 Å². The number of benzene rings is 1. The molecular formula is C8H9ClN2S. The second kappa shape index (κ2) is 3.83. The SMILES string of the molecule is CSc1cccc(Cl)c1C(=N)N. The van der Waals surface area contributed by atoms with Crippen LogP contribution in [0.1, 0.15) is 5.56 Å². The average Bonchev–Trinajstić information content (AvgIpc) is 2.03. The Balaban J connectivity index is 3.29. The predicted molar refractivity (Wildman–Crippen MR) is 54.2 cm³/mol. The summed E-state index contributed by atoms with van der Waals surface area (Å²) in [5, 5.41) is 7.84. The van der Waals surface area contributed by atoms with Gasteiger partial charge >= 0.3 is 0 Å². The molecule has 0 aliphatic carbocycles. The Labute approximate surface area is 80.6 Å². The average molecular weight is 201 g/mol. The van der Waals surface area contributed by atoms with Crippen molar-refractivity contribution in [3.05, 3.63) is 28.8 Å². The molecule has 4 heteroatoms. The Kier molecular flexibility index (Phi) is 3.00. The number of thioether (sulfide) groups is 1. The Morgan fingerprint density at radius 3 is 2.67 bits per heavy atom. The molecule has 0 heterocycles. The van der Waals surface area contributed by atoms with Gasteiger partial charge in [-0.15, -0.1) is 11.8 Å². The van der Waals surface area contributed by atoms with E-state index in [4.69, 9.17) is 22.7 Å². The van der Waals surface area contributed by atoms with Gasteiger partial charge in [0, 0.05) is 10.5 Å². The van der Waals surface area contributed by atoms with Crippen molar-refractivity contribution in [3.63, 3.8) is 0 Å². The van der Waals surface area contributed by atoms with Crippen LogP contribution in [0.4, 0.5) is 0 Å². The standard InChI is InChI=1S/C8H9ClN2S/c1-12-6-4-2-3-5(9)7(6)8(10)11/h2-4H,1H3,(H3,10,11). The molecule has 1 aromatic rings. The van der Waals surface area contributed by atoms with Gasteiger partial charge in [-0.25, -0.2) is 0 Å². The van der Waals surface area contributed by atoms with Crippen molar-refractivity contribution in [3.8, 4) is 0 Å². The summed E-state index contributed by atoms with van der Waals surface area (Å²) < 4.78 is 0. The Hall–Kier alpha value is -0.670. The lowest BCUT2D eigenvalue weighted by atomic mass is 10.2. The quantitative estimate of drug-likeness (QED) is 0.438. The number of nitrogens with two attached hydrogens (primary N) is 1. The van der Waals surface area contributed by atoms with Crippen molar-refractivity contribution in [1.82, 2.24) is 0 Å². The van der Waals surface area contributed by atoms with E-state index in [2.05, 4.69) is 0 Å². The van der Waals surface area contributed by atoms with Crippen LogP contribution in [0, 0.1) is 5.41 Å². The fraction of sp³-hybridized carbons (Fsp3) is 0.125. The van der Waals surface area contributed by atoms with Crippen LogP contribution in [0.5, 0.6) is 0 Å². The molecular weight excluding hydrogens is 192 g/mol. The van der Waals surface area contributed by atoms with Gasteiger partial charge in [0.05, 0.1) is 5.02 Å². The van der Waals surface area contributed by atoms with Gasteiger partial charge in [0.25, 0.3) is 0 Å². The Morgan fingerprint density at radius 1 is 1.58 bits per heavy atom. The number of rotatable bonds is 2. The van der Waals surface area contributed by atoms with Gasteiger partial charge in [-0.2, -0.15) is 0 Å². The van der Waals surface area contributed by atoms with E-state index >= 15 is 0 Å². The molecule has 0 atom stereocenters. The molecule has 0 aliphatic heterocycles. The molecule has 0 amide bonds. The Morgan fingerprint density at radius 2 is 2.25 bits per heavy atom. The van der Waals surface area contributed by atoms with Crippen LogP contribution >= 0.6 is 23.4 Å². The summed E-state index contributed by atoms with van der Waals surface area (Å²) >= 11 is 7.40. The van der Waals surface area contributed by atoms with E-state index in [0.717, 1.165) is 4.90 Å². The van der Waals surface area contributed by atoms with Crippen LogP contribution < -0.4 is 5.73 Å². The van der Waals surface area contributed by atoms with Gasteiger partial charge in [0.1, 0.15) is 5.84 Å². The molecule has 1 aromatic carbocycles. The third kappa shape index (κ3) is 1.73. The molecule has 12 heavy (non-hydrogen) atoms. The molecule has 0 aliphatic rings. The third-order valence-electron chi connectivity index (χ3n) is 1.46. The fourth-order valence-corrected chi connectivity index (χ4v) is 1.91. The first-order valence-corrected chi connectivity index (χ1v) is 4.94. The predicted octanol–water partition coefficient (Wildman–Crippen LogP) is 2.35. The minimum absolute atomic E-state index is 0.0185. The van der Waals surface area contributed by atoms with Gasteiger partial charge in [0.2, 0.25) is 0 Å². The summed E-state index contributed by atoms with van der Waals surface area (Å²) in [7, 11) is 0. The summed E-state index contributed by atoms with van der Waals surface area (Å²) in [6.45, 7) is 0. The molecule has 2 nitrogen and oxygen atoms in total. The highest BCUT2D eigenvalue weighted by atomic mass is 35.5. The molecule has 0 radical (unpaired) electrons. The highest BCUT2D eigenvalue weighted by Gasteiger charge is 2.07. The van der Waals surface area contributed by atoms with E-state index in [1.807, 2.05) is 18.4 Å². The maximum atomic E-state index is 7.30. The van der Waals surface area contributed by atoms with Gasteiger partial charge in [-0.3, -0.25) is 5.41 Å². The zero-order chi connectivity index (χ0) is 9.14. The zero-order valence-corrected chi connectivity index (χ0v) is 8.17. The lowest BCUT2D eigenvalue weighted by Crippen LogP contribution is -2.12. The zero-order valence-electron chi connectivity index (χ0n) is 6.60. The summed E-state index contributed by atoms with van der Waals surface area (Å²) in [5.41, 5.74) is 6.01. The van der Waals surface area contributed by atoms with E-state index in [9.17, 15) is 0 Å². The summed E-state index contributed by atoms with van der Waals surface area (Å²) in [4.78, 5) is 0.940. The van der Waals surface area contributed by atoms with Crippen LogP contribution in [0.15, 0.2) is 23.1 Å². The molecule has 0 unspecified atom stereocenters. The Bertz CT molecular complexity index is 312. The highest BCUT2D eigenvalue weighted by molar-refractivity contribution is 7.98. The molecule has 0 spiro atoms. The second-order valence-electron chi connectivity index (χ2n) is 2.23. The first-order valence-electron chi connectivity index (χ1n) is 3.33. The van der Waals surface area contributed by atoms with Gasteiger partial charge in [-0.1, -0.05) is 17.7 Å². The van der Waals surface area contributed by atoms with E-state index in [1.54, 1.807) is 6.07 Å². The fourth-order valence-electron chi connectivity index (χ4n) is 0.936. The van der Waals surface area contributed by atoms with Crippen LogP contribution in [0.3, 0.4) is 0 Å². The summed E-state index contributed by atoms with van der Waals surface area (Å²) in [6, 6.07) is 5.48. The maximum absolute atomic E-state index is 7.30. The van der Waals surface area contributed by atoms with Crippen molar-refractivity contribution in [2.45, 2.75) is 4.90 Å². The van der Waals surface area contributed by atoms with Gasteiger partial charge in [0.15, 0.2) is 0 Å². The molecule has 1 rings (SSSR count). The van der Waals surface area contributed by atoms with Crippen LogP contribution in [0.2, 0.25) is 5.02 Å². The number of nitrogens with one attached hydrogen (secondary N) is 1. The summed E-state index contributed by atoms with van der Waals surface area (Å²) in [6.07, 6.45) is 1.93. The molecule has 0 saturated carbocycles. The molecule has 0 saturated heterocycles. The van der Waals surface area contributed by atoms with Crippen LogP contribution in [0.25, 0.3) is 0 Å². The monoisotopic (exact) mass is 200 g/mol. The molecule has 0 aromatic heterocycles. The topological polar surface area (TPSA) is 49.9 Å². The lowest BCUT2D eigenvalue weighted by Gasteiger charge is -2.06. The number of hydrogen-bond acceptors (Lipinski definition) is 2. The van der Waals surface area contributed by atoms with E-state index in [-0.39, 0.29) is 5.84 Å². The molecule has 64 valence electrons. The number of nitrogen functional groups attached to an aromatic ring is 1. The van der Waals surface area contributed by atoms with Crippen molar-refractivity contribution in [2.75, 3.05) is 6.26 Å². The smallest absolute Gasteiger partial charge is 0.125 e. The first kappa shape index (κ1) is 9.42. The van der Waals surface area contributed by atoms with Crippen LogP contribution in [-0.4, -0.2) is 12.1 Å². The minimum Gasteiger partial charge on any atom is -0.384 e. The molecule has 0 bridgehead atoms. The number of amidine groups is 1. The van der Waals surface area contributed by atoms with Crippen molar-refractivity contribution >= 4 is 29.2 Å². The second-order valence-corrected chi connectivity index (χ2v) is 3.49. The van der Waals surface area contributed by atoms with E-state index in [1.165, 1.54) is 11.8 Å². The van der Waals surface area contributed by atoms with Gasteiger partial charge < -0.3 is 5.73 Å². The first-order chi connectivity index (χ1) is 5.66. The third-order valence-corrected chi connectivity index (χ3v) is 2.56. The molecule has 3 N–H and O–H groups in total. The minimum atomic E-state index is 0.0185. The summed E-state index contributed by atoms with van der Waals surface area (Å²) in [5.74, 6) is 0.0185. The number of hydrogen-bond donors (Lipinski definition) is 2. The van der Waals surface area contributed by atoms with Gasteiger partial charge in [-0.05, 0) is 18.4 Å². The van der Waals surface area contributed by atoms with Crippen molar-refractivity contribution in [2.24, 2.45) is 5.73 Å².